The second kappa shape index (κ2) is 5.86. The molecule has 0 aromatic heterocycles. The minimum Gasteiger partial charge on any atom is -0.478 e. The first-order valence-corrected chi connectivity index (χ1v) is 3.01. The van der Waals surface area contributed by atoms with Crippen LogP contribution in [-0.2, 0) is 0 Å². The Morgan fingerprint density at radius 3 is 2.08 bits per heavy atom. The van der Waals surface area contributed by atoms with Crippen LogP contribution >= 0.6 is 24.8 Å². The van der Waals surface area contributed by atoms with Crippen molar-refractivity contribution in [2.24, 2.45) is 0 Å². The molecule has 0 heterocycles. The van der Waals surface area contributed by atoms with E-state index in [9.17, 15) is 4.79 Å². The Morgan fingerprint density at radius 1 is 1.25 bits per heavy atom. The van der Waals surface area contributed by atoms with Crippen LogP contribution in [0.5, 0.6) is 0 Å². The van der Waals surface area contributed by atoms with E-state index in [0.717, 1.165) is 5.56 Å². The Bertz CT molecular complexity index is 261. The number of hydrogen-bond acceptors (Lipinski definition) is 1. The van der Waals surface area contributed by atoms with Crippen molar-refractivity contribution in [1.82, 2.24) is 0 Å². The minimum absolute atomic E-state index is 0. The van der Waals surface area contributed by atoms with Crippen molar-refractivity contribution in [3.05, 3.63) is 35.4 Å². The van der Waals surface area contributed by atoms with Crippen molar-refractivity contribution in [2.45, 2.75) is 6.92 Å². The summed E-state index contributed by atoms with van der Waals surface area (Å²) in [5.41, 5.74) is 1.18. The molecule has 0 saturated carbocycles. The van der Waals surface area contributed by atoms with Gasteiger partial charge in [-0.1, -0.05) is 18.2 Å². The maximum atomic E-state index is 10.4. The molecular weight excluding hydrogens is 199 g/mol. The molecule has 0 aliphatic rings. The number of carboxylic acid groups (broad SMARTS) is 1. The van der Waals surface area contributed by atoms with Gasteiger partial charge in [-0.05, 0) is 18.6 Å². The van der Waals surface area contributed by atoms with E-state index in [1.807, 2.05) is 6.07 Å². The highest BCUT2D eigenvalue weighted by Gasteiger charge is 2.02. The summed E-state index contributed by atoms with van der Waals surface area (Å²) in [4.78, 5) is 10.4. The van der Waals surface area contributed by atoms with E-state index in [1.54, 1.807) is 25.1 Å². The maximum Gasteiger partial charge on any atom is 0.335 e. The van der Waals surface area contributed by atoms with Crippen LogP contribution in [0, 0.1) is 6.92 Å². The highest BCUT2D eigenvalue weighted by molar-refractivity contribution is 5.89. The van der Waals surface area contributed by atoms with Gasteiger partial charge < -0.3 is 5.11 Å². The van der Waals surface area contributed by atoms with E-state index in [1.165, 1.54) is 0 Å². The summed E-state index contributed by atoms with van der Waals surface area (Å²) in [6, 6.07) is 6.92. The van der Waals surface area contributed by atoms with E-state index in [0.29, 0.717) is 5.56 Å². The molecule has 1 aromatic carbocycles. The highest BCUT2D eigenvalue weighted by atomic mass is 35.5. The van der Waals surface area contributed by atoms with Gasteiger partial charge in [0, 0.05) is 0 Å². The smallest absolute Gasteiger partial charge is 0.335 e. The average Bonchev–Trinajstić information content (AvgIpc) is 1.88. The summed E-state index contributed by atoms with van der Waals surface area (Å²) in [5.74, 6) is -0.863. The molecule has 0 atom stereocenters. The quantitative estimate of drug-likeness (QED) is 0.771. The Balaban J connectivity index is 0. The fourth-order valence-corrected chi connectivity index (χ4v) is 0.813. The number of carboxylic acids is 1. The zero-order valence-electron chi connectivity index (χ0n) is 6.48. The molecule has 0 unspecified atom stereocenters. The van der Waals surface area contributed by atoms with Gasteiger partial charge in [-0.3, -0.25) is 0 Å². The summed E-state index contributed by atoms with van der Waals surface area (Å²) < 4.78 is 0. The topological polar surface area (TPSA) is 37.3 Å². The molecule has 1 aromatic rings. The molecule has 0 saturated heterocycles. The molecule has 0 spiro atoms. The predicted octanol–water partition coefficient (Wildman–Crippen LogP) is 2.54. The third-order valence-electron chi connectivity index (χ3n) is 1.38. The molecule has 0 amide bonds. The standard InChI is InChI=1S/C8H8O2.2ClH/c1-6-4-2-3-5-7(6)8(9)10;;/h2-5H,1H3,(H,9,10);2*1H. The molecule has 0 aliphatic carbocycles. The first-order valence-electron chi connectivity index (χ1n) is 3.01. The van der Waals surface area contributed by atoms with Crippen LogP contribution in [0.1, 0.15) is 15.9 Å². The van der Waals surface area contributed by atoms with Crippen molar-refractivity contribution in [3.8, 4) is 0 Å². The van der Waals surface area contributed by atoms with E-state index in [4.69, 9.17) is 5.11 Å². The van der Waals surface area contributed by atoms with Crippen molar-refractivity contribution in [3.63, 3.8) is 0 Å². The van der Waals surface area contributed by atoms with E-state index >= 15 is 0 Å². The van der Waals surface area contributed by atoms with Crippen molar-refractivity contribution >= 4 is 30.8 Å². The van der Waals surface area contributed by atoms with Gasteiger partial charge in [-0.15, -0.1) is 24.8 Å². The molecule has 1 N–H and O–H groups in total. The van der Waals surface area contributed by atoms with E-state index in [2.05, 4.69) is 0 Å². The van der Waals surface area contributed by atoms with Crippen molar-refractivity contribution < 1.29 is 9.90 Å². The molecule has 0 bridgehead atoms. The van der Waals surface area contributed by atoms with Gasteiger partial charge in [-0.25, -0.2) is 4.79 Å². The molecule has 12 heavy (non-hydrogen) atoms. The second-order valence-corrected chi connectivity index (χ2v) is 2.12. The van der Waals surface area contributed by atoms with Gasteiger partial charge >= 0.3 is 5.97 Å². The maximum absolute atomic E-state index is 10.4. The van der Waals surface area contributed by atoms with Gasteiger partial charge in [0.15, 0.2) is 0 Å². The molecule has 0 aliphatic heterocycles. The lowest BCUT2D eigenvalue weighted by Crippen LogP contribution is -1.97. The van der Waals surface area contributed by atoms with Crippen LogP contribution in [0.25, 0.3) is 0 Å². The summed E-state index contributed by atoms with van der Waals surface area (Å²) >= 11 is 0. The first-order chi connectivity index (χ1) is 4.72. The summed E-state index contributed by atoms with van der Waals surface area (Å²) in [7, 11) is 0. The summed E-state index contributed by atoms with van der Waals surface area (Å²) in [6.45, 7) is 1.78. The number of aryl methyl sites for hydroxylation is 1. The molecular formula is C8H10Cl2O2. The van der Waals surface area contributed by atoms with Gasteiger partial charge in [-0.2, -0.15) is 0 Å². The lowest BCUT2D eigenvalue weighted by molar-refractivity contribution is 0.0696. The largest absolute Gasteiger partial charge is 0.478 e. The predicted molar refractivity (Wildman–Crippen MR) is 52.6 cm³/mol. The summed E-state index contributed by atoms with van der Waals surface area (Å²) in [6.07, 6.45) is 0. The molecule has 1 rings (SSSR count). The van der Waals surface area contributed by atoms with Crippen molar-refractivity contribution in [1.29, 1.82) is 0 Å². The fraction of sp³-hybridized carbons (Fsp3) is 0.125. The lowest BCUT2D eigenvalue weighted by atomic mass is 10.1. The molecule has 4 heteroatoms. The van der Waals surface area contributed by atoms with Gasteiger partial charge in [0.25, 0.3) is 0 Å². The SMILES string of the molecule is Cc1ccccc1C(=O)O.Cl.Cl. The van der Waals surface area contributed by atoms with Gasteiger partial charge in [0.2, 0.25) is 0 Å². The van der Waals surface area contributed by atoms with Gasteiger partial charge in [0.05, 0.1) is 5.56 Å². The minimum atomic E-state index is -0.863. The normalized spacial score (nSPS) is 7.75. The molecule has 0 fully saturated rings. The average molecular weight is 209 g/mol. The number of aromatic carboxylic acids is 1. The van der Waals surface area contributed by atoms with Crippen molar-refractivity contribution in [2.75, 3.05) is 0 Å². The third-order valence-corrected chi connectivity index (χ3v) is 1.38. The Kier molecular flexibility index (Phi) is 6.76. The van der Waals surface area contributed by atoms with Crippen LogP contribution in [0.3, 0.4) is 0 Å². The lowest BCUT2D eigenvalue weighted by Gasteiger charge is -1.96. The molecule has 0 radical (unpaired) electrons. The summed E-state index contributed by atoms with van der Waals surface area (Å²) in [5, 5.41) is 8.57. The highest BCUT2D eigenvalue weighted by Crippen LogP contribution is 2.05. The van der Waals surface area contributed by atoms with Crippen LogP contribution in [0.2, 0.25) is 0 Å². The van der Waals surface area contributed by atoms with Crippen LogP contribution in [0.4, 0.5) is 0 Å². The third kappa shape index (κ3) is 3.11. The molecule has 68 valence electrons. The Morgan fingerprint density at radius 2 is 1.75 bits per heavy atom. The monoisotopic (exact) mass is 208 g/mol. The van der Waals surface area contributed by atoms with Gasteiger partial charge in [0.1, 0.15) is 0 Å². The van der Waals surface area contributed by atoms with E-state index < -0.39 is 5.97 Å². The Hall–Kier alpha value is -0.730. The Labute approximate surface area is 83.4 Å². The van der Waals surface area contributed by atoms with Crippen LogP contribution in [-0.4, -0.2) is 11.1 Å². The zero-order chi connectivity index (χ0) is 7.56. The fourth-order valence-electron chi connectivity index (χ4n) is 0.813. The second-order valence-electron chi connectivity index (χ2n) is 2.12. The number of carbonyl (C=O) groups is 1. The number of rotatable bonds is 1. The van der Waals surface area contributed by atoms with Crippen LogP contribution < -0.4 is 0 Å². The molecule has 2 nitrogen and oxygen atoms in total. The number of benzene rings is 1. The number of hydrogen-bond donors (Lipinski definition) is 1. The number of halogens is 2. The van der Waals surface area contributed by atoms with E-state index in [-0.39, 0.29) is 24.8 Å². The zero-order valence-corrected chi connectivity index (χ0v) is 8.11. The van der Waals surface area contributed by atoms with Crippen LogP contribution in [0.15, 0.2) is 24.3 Å². The first kappa shape index (κ1) is 13.8.